The number of carbonyl (C=O) groups excluding carboxylic acids is 1. The zero-order valence-corrected chi connectivity index (χ0v) is 12.6. The number of benzene rings is 1. The quantitative estimate of drug-likeness (QED) is 0.866. The predicted octanol–water partition coefficient (Wildman–Crippen LogP) is 1.71. The summed E-state index contributed by atoms with van der Waals surface area (Å²) in [6.45, 7) is 3.12. The lowest BCUT2D eigenvalue weighted by Crippen LogP contribution is -2.32. The highest BCUT2D eigenvalue weighted by Gasteiger charge is 2.46. The minimum atomic E-state index is -0.219. The van der Waals surface area contributed by atoms with Gasteiger partial charge in [-0.05, 0) is 17.7 Å². The first kappa shape index (κ1) is 14.3. The second-order valence-electron chi connectivity index (χ2n) is 6.23. The molecule has 118 valence electrons. The number of carbonyl (C=O) groups is 1. The molecule has 6 heteroatoms. The first-order valence-electron chi connectivity index (χ1n) is 7.74. The molecule has 2 fully saturated rings. The van der Waals surface area contributed by atoms with Gasteiger partial charge < -0.3 is 4.90 Å². The van der Waals surface area contributed by atoms with Gasteiger partial charge in [0.1, 0.15) is 12.1 Å². The molecule has 2 aromatic rings. The van der Waals surface area contributed by atoms with Crippen molar-refractivity contribution in [1.29, 1.82) is 0 Å². The van der Waals surface area contributed by atoms with E-state index < -0.39 is 0 Å². The van der Waals surface area contributed by atoms with Crippen LogP contribution in [0.5, 0.6) is 0 Å². The Labute approximate surface area is 133 Å². The van der Waals surface area contributed by atoms with Crippen molar-refractivity contribution >= 4 is 11.6 Å². The van der Waals surface area contributed by atoms with E-state index >= 15 is 0 Å². The number of halogens is 1. The number of amides is 1. The molecule has 2 aliphatic heterocycles. The van der Waals surface area contributed by atoms with E-state index in [0.29, 0.717) is 5.92 Å². The maximum atomic E-state index is 13.0. The van der Waals surface area contributed by atoms with Crippen molar-refractivity contribution in [2.75, 3.05) is 24.5 Å². The number of rotatable bonds is 3. The first-order chi connectivity index (χ1) is 11.2. The summed E-state index contributed by atoms with van der Waals surface area (Å²) in [6, 6.07) is 6.57. The summed E-state index contributed by atoms with van der Waals surface area (Å²) in [6.07, 6.45) is 4.83. The van der Waals surface area contributed by atoms with Gasteiger partial charge in [-0.3, -0.25) is 9.69 Å². The number of aromatic nitrogens is 2. The Morgan fingerprint density at radius 1 is 1.09 bits per heavy atom. The van der Waals surface area contributed by atoms with E-state index in [1.807, 2.05) is 0 Å². The molecule has 0 unspecified atom stereocenters. The van der Waals surface area contributed by atoms with Gasteiger partial charge in [0.05, 0.1) is 24.0 Å². The van der Waals surface area contributed by atoms with Crippen molar-refractivity contribution < 1.29 is 9.18 Å². The average Bonchev–Trinajstić information content (AvgIpc) is 3.10. The Morgan fingerprint density at radius 2 is 1.83 bits per heavy atom. The molecular formula is C17H17FN4O. The topological polar surface area (TPSA) is 49.3 Å². The van der Waals surface area contributed by atoms with E-state index in [1.165, 1.54) is 18.5 Å². The summed E-state index contributed by atoms with van der Waals surface area (Å²) < 4.78 is 13.0. The second-order valence-corrected chi connectivity index (χ2v) is 6.23. The highest BCUT2D eigenvalue weighted by Crippen LogP contribution is 2.35. The molecule has 2 aliphatic rings. The fourth-order valence-corrected chi connectivity index (χ4v) is 3.59. The van der Waals surface area contributed by atoms with Crippen LogP contribution in [0.4, 0.5) is 10.1 Å². The van der Waals surface area contributed by atoms with Crippen molar-refractivity contribution in [1.82, 2.24) is 14.9 Å². The Balaban J connectivity index is 1.43. The van der Waals surface area contributed by atoms with Gasteiger partial charge in [-0.2, -0.15) is 0 Å². The van der Waals surface area contributed by atoms with Crippen molar-refractivity contribution in [2.45, 2.75) is 6.54 Å². The predicted molar refractivity (Wildman–Crippen MR) is 83.0 cm³/mol. The molecule has 0 aliphatic carbocycles. The Hall–Kier alpha value is -2.34. The van der Waals surface area contributed by atoms with Crippen molar-refractivity contribution in [2.24, 2.45) is 11.8 Å². The molecule has 0 saturated carbocycles. The van der Waals surface area contributed by atoms with Gasteiger partial charge in [-0.15, -0.1) is 0 Å². The van der Waals surface area contributed by atoms with Crippen LogP contribution in [0.2, 0.25) is 0 Å². The SMILES string of the molecule is O=C1[C@H]2CN(Cc3ccc(F)cc3)C[C@H]2CN1c1cncnc1. The van der Waals surface area contributed by atoms with Crippen LogP contribution in [0.3, 0.4) is 0 Å². The molecule has 5 nitrogen and oxygen atoms in total. The number of fused-ring (bicyclic) bond motifs is 1. The fourth-order valence-electron chi connectivity index (χ4n) is 3.59. The maximum Gasteiger partial charge on any atom is 0.231 e. The molecule has 0 radical (unpaired) electrons. The van der Waals surface area contributed by atoms with Crippen LogP contribution in [-0.4, -0.2) is 40.4 Å². The molecular weight excluding hydrogens is 295 g/mol. The molecule has 1 aromatic heterocycles. The summed E-state index contributed by atoms with van der Waals surface area (Å²) in [4.78, 5) is 24.7. The van der Waals surface area contributed by atoms with E-state index in [0.717, 1.165) is 37.4 Å². The summed E-state index contributed by atoms with van der Waals surface area (Å²) in [5.74, 6) is 0.313. The van der Waals surface area contributed by atoms with Crippen LogP contribution < -0.4 is 4.90 Å². The van der Waals surface area contributed by atoms with Gasteiger partial charge in [0.2, 0.25) is 5.91 Å². The standard InChI is InChI=1S/C17H17FN4O/c18-14-3-1-12(2-4-14)7-21-8-13-9-22(17(23)16(13)10-21)15-5-19-11-20-6-15/h1-6,11,13,16H,7-10H2/t13-,16-/m0/s1. The van der Waals surface area contributed by atoms with Crippen LogP contribution in [0, 0.1) is 17.7 Å². The zero-order valence-electron chi connectivity index (χ0n) is 12.6. The van der Waals surface area contributed by atoms with Crippen LogP contribution in [0.25, 0.3) is 0 Å². The van der Waals surface area contributed by atoms with Gasteiger partial charge in [-0.1, -0.05) is 12.1 Å². The van der Waals surface area contributed by atoms with Gasteiger partial charge >= 0.3 is 0 Å². The van der Waals surface area contributed by atoms with Crippen LogP contribution in [-0.2, 0) is 11.3 Å². The molecule has 4 rings (SSSR count). The summed E-state index contributed by atoms with van der Waals surface area (Å²) >= 11 is 0. The van der Waals surface area contributed by atoms with E-state index in [-0.39, 0.29) is 17.6 Å². The third kappa shape index (κ3) is 2.70. The van der Waals surface area contributed by atoms with Crippen molar-refractivity contribution in [3.63, 3.8) is 0 Å². The highest BCUT2D eigenvalue weighted by atomic mass is 19.1. The smallest absolute Gasteiger partial charge is 0.231 e. The summed E-state index contributed by atoms with van der Waals surface area (Å²) in [5, 5.41) is 0. The maximum absolute atomic E-state index is 13.0. The highest BCUT2D eigenvalue weighted by molar-refractivity contribution is 5.97. The number of anilines is 1. The van der Waals surface area contributed by atoms with Crippen molar-refractivity contribution in [3.05, 3.63) is 54.4 Å². The van der Waals surface area contributed by atoms with Gasteiger partial charge in [0, 0.05) is 32.1 Å². The van der Waals surface area contributed by atoms with E-state index in [4.69, 9.17) is 0 Å². The number of hydrogen-bond donors (Lipinski definition) is 0. The van der Waals surface area contributed by atoms with E-state index in [2.05, 4.69) is 14.9 Å². The van der Waals surface area contributed by atoms with Crippen molar-refractivity contribution in [3.8, 4) is 0 Å². The second kappa shape index (κ2) is 5.70. The lowest BCUT2D eigenvalue weighted by atomic mass is 10.0. The van der Waals surface area contributed by atoms with Crippen LogP contribution >= 0.6 is 0 Å². The van der Waals surface area contributed by atoms with E-state index in [9.17, 15) is 9.18 Å². The fraction of sp³-hybridized carbons (Fsp3) is 0.353. The number of likely N-dealkylation sites (tertiary alicyclic amines) is 1. The molecule has 1 amide bonds. The average molecular weight is 312 g/mol. The Kier molecular flexibility index (Phi) is 3.53. The third-order valence-corrected chi connectivity index (χ3v) is 4.70. The van der Waals surface area contributed by atoms with Gasteiger partial charge in [0.15, 0.2) is 0 Å². The molecule has 0 N–H and O–H groups in total. The normalized spacial score (nSPS) is 24.2. The Bertz CT molecular complexity index is 706. The van der Waals surface area contributed by atoms with Crippen LogP contribution in [0.15, 0.2) is 43.0 Å². The van der Waals surface area contributed by atoms with Gasteiger partial charge in [-0.25, -0.2) is 14.4 Å². The van der Waals surface area contributed by atoms with Crippen LogP contribution in [0.1, 0.15) is 5.56 Å². The zero-order chi connectivity index (χ0) is 15.8. The van der Waals surface area contributed by atoms with E-state index in [1.54, 1.807) is 29.4 Å². The molecule has 0 spiro atoms. The summed E-state index contributed by atoms with van der Waals surface area (Å²) in [7, 11) is 0. The lowest BCUT2D eigenvalue weighted by Gasteiger charge is -2.21. The van der Waals surface area contributed by atoms with Gasteiger partial charge in [0.25, 0.3) is 0 Å². The minimum Gasteiger partial charge on any atom is -0.309 e. The number of nitrogens with zero attached hydrogens (tertiary/aromatic N) is 4. The monoisotopic (exact) mass is 312 g/mol. The molecule has 3 heterocycles. The molecule has 2 atom stereocenters. The first-order valence-corrected chi connectivity index (χ1v) is 7.74. The Morgan fingerprint density at radius 3 is 2.52 bits per heavy atom. The summed E-state index contributed by atoms with van der Waals surface area (Å²) in [5.41, 5.74) is 1.85. The number of hydrogen-bond acceptors (Lipinski definition) is 4. The molecule has 23 heavy (non-hydrogen) atoms. The minimum absolute atomic E-state index is 0.0376. The molecule has 2 saturated heterocycles. The largest absolute Gasteiger partial charge is 0.309 e. The molecule has 1 aromatic carbocycles. The molecule has 0 bridgehead atoms. The third-order valence-electron chi connectivity index (χ3n) is 4.70. The lowest BCUT2D eigenvalue weighted by molar-refractivity contribution is -0.120.